The van der Waals surface area contributed by atoms with Gasteiger partial charge in [0.15, 0.2) is 12.2 Å². The molecule has 3 N–H and O–H groups in total. The summed E-state index contributed by atoms with van der Waals surface area (Å²) in [6.45, 7) is 7.26. The van der Waals surface area contributed by atoms with Gasteiger partial charge in [0.25, 0.3) is 0 Å². The van der Waals surface area contributed by atoms with Gasteiger partial charge in [-0.15, -0.1) is 0 Å². The molecule has 6 atom stereocenters. The van der Waals surface area contributed by atoms with Crippen LogP contribution in [0.5, 0.6) is 0 Å². The molecule has 0 fully saturated rings. The van der Waals surface area contributed by atoms with Crippen molar-refractivity contribution in [2.75, 3.05) is 39.6 Å². The molecule has 0 saturated heterocycles. The van der Waals surface area contributed by atoms with Crippen molar-refractivity contribution in [3.8, 4) is 0 Å². The molecule has 0 aliphatic heterocycles. The maximum Gasteiger partial charge on any atom is 0.472 e. The summed E-state index contributed by atoms with van der Waals surface area (Å²) in [4.78, 5) is 72.4. The van der Waals surface area contributed by atoms with Gasteiger partial charge < -0.3 is 33.8 Å². The SMILES string of the molecule is CCCCCCCCCCCCCCCCCC(=O)OC[C@H](COP(=O)(O)OC[C@@H](O)COP(=O)(O)OC[C@@H](COC(=O)CCCCCCC)OC(=O)CCCCCCCCCCCCCC)OC(=O)CCCCCCCCCCCCCCCCCCCCC(C)CC. The number of ether oxygens (including phenoxy) is 4. The van der Waals surface area contributed by atoms with Crippen molar-refractivity contribution < 1.29 is 80.2 Å². The van der Waals surface area contributed by atoms with Gasteiger partial charge in [0.2, 0.25) is 0 Å². The lowest BCUT2D eigenvalue weighted by molar-refractivity contribution is -0.161. The quantitative estimate of drug-likeness (QED) is 0.0222. The Morgan fingerprint density at radius 2 is 0.511 bits per heavy atom. The summed E-state index contributed by atoms with van der Waals surface area (Å²) in [7, 11) is -9.90. The number of esters is 4. The van der Waals surface area contributed by atoms with Gasteiger partial charge in [-0.3, -0.25) is 37.3 Å². The molecule has 0 saturated carbocycles. The molecule has 17 nitrogen and oxygen atoms in total. The van der Waals surface area contributed by atoms with Crippen molar-refractivity contribution >= 4 is 39.5 Å². The van der Waals surface area contributed by atoms with E-state index in [0.717, 1.165) is 102 Å². The number of aliphatic hydroxyl groups excluding tert-OH is 1. The molecular weight excluding hydrogens is 1230 g/mol. The number of carbonyl (C=O) groups excluding carboxylic acids is 4. The van der Waals surface area contributed by atoms with Gasteiger partial charge in [0.05, 0.1) is 26.4 Å². The maximum absolute atomic E-state index is 13.1. The van der Waals surface area contributed by atoms with Crippen molar-refractivity contribution in [3.63, 3.8) is 0 Å². The van der Waals surface area contributed by atoms with Crippen LogP contribution >= 0.6 is 15.6 Å². The lowest BCUT2D eigenvalue weighted by atomic mass is 9.99. The second-order valence-corrected chi connectivity index (χ2v) is 30.2. The van der Waals surface area contributed by atoms with Crippen molar-refractivity contribution in [1.29, 1.82) is 0 Å². The van der Waals surface area contributed by atoms with E-state index in [4.69, 9.17) is 37.0 Å². The minimum absolute atomic E-state index is 0.107. The fourth-order valence-electron chi connectivity index (χ4n) is 11.5. The Hall–Kier alpha value is -1.94. The zero-order chi connectivity index (χ0) is 69.1. The van der Waals surface area contributed by atoms with Crippen molar-refractivity contribution in [3.05, 3.63) is 0 Å². The molecule has 3 unspecified atom stereocenters. The van der Waals surface area contributed by atoms with Crippen LogP contribution in [0.3, 0.4) is 0 Å². The van der Waals surface area contributed by atoms with Crippen molar-refractivity contribution in [2.24, 2.45) is 5.92 Å². The Bertz CT molecular complexity index is 1810. The van der Waals surface area contributed by atoms with E-state index in [1.807, 2.05) is 0 Å². The van der Waals surface area contributed by atoms with Crippen LogP contribution in [0, 0.1) is 5.92 Å². The first-order valence-corrected chi connectivity index (χ1v) is 42.2. The summed E-state index contributed by atoms with van der Waals surface area (Å²) in [5.74, 6) is -1.25. The number of phosphoric acid groups is 2. The van der Waals surface area contributed by atoms with E-state index in [1.165, 1.54) is 212 Å². The number of aliphatic hydroxyl groups is 1. The van der Waals surface area contributed by atoms with Gasteiger partial charge in [-0.1, -0.05) is 343 Å². The summed E-state index contributed by atoms with van der Waals surface area (Å²) in [5.41, 5.74) is 0. The molecule has 0 bridgehead atoms. The summed E-state index contributed by atoms with van der Waals surface area (Å²) >= 11 is 0. The van der Waals surface area contributed by atoms with Gasteiger partial charge in [-0.25, -0.2) is 9.13 Å². The maximum atomic E-state index is 13.1. The highest BCUT2D eigenvalue weighted by Crippen LogP contribution is 2.45. The predicted octanol–water partition coefficient (Wildman–Crippen LogP) is 22.1. The molecule has 0 aliphatic rings. The van der Waals surface area contributed by atoms with E-state index >= 15 is 0 Å². The first kappa shape index (κ1) is 92.1. The summed E-state index contributed by atoms with van der Waals surface area (Å²) < 4.78 is 68.2. The zero-order valence-electron chi connectivity index (χ0n) is 61.1. The lowest BCUT2D eigenvalue weighted by Gasteiger charge is -2.21. The van der Waals surface area contributed by atoms with Crippen LogP contribution in [0.25, 0.3) is 0 Å². The van der Waals surface area contributed by atoms with Crippen LogP contribution in [0.2, 0.25) is 0 Å². The third-order valence-corrected chi connectivity index (χ3v) is 19.8. The Labute approximate surface area is 575 Å². The van der Waals surface area contributed by atoms with Crippen LogP contribution in [0.1, 0.15) is 394 Å². The molecule has 0 heterocycles. The predicted molar refractivity (Wildman–Crippen MR) is 382 cm³/mol. The molecule has 0 amide bonds. The van der Waals surface area contributed by atoms with E-state index in [-0.39, 0.29) is 25.7 Å². The number of phosphoric ester groups is 2. The smallest absolute Gasteiger partial charge is 0.462 e. The number of hydrogen-bond acceptors (Lipinski definition) is 15. The van der Waals surface area contributed by atoms with Gasteiger partial charge in [0.1, 0.15) is 19.3 Å². The molecule has 0 aromatic rings. The van der Waals surface area contributed by atoms with E-state index < -0.39 is 97.5 Å². The summed E-state index contributed by atoms with van der Waals surface area (Å²) in [5, 5.41) is 10.6. The largest absolute Gasteiger partial charge is 0.472 e. The fraction of sp³-hybridized carbons (Fsp3) is 0.947. The minimum atomic E-state index is -4.95. The number of unbranched alkanes of at least 4 members (excludes halogenated alkanes) is 46. The molecule has 0 radical (unpaired) electrons. The van der Waals surface area contributed by atoms with E-state index in [1.54, 1.807) is 0 Å². The van der Waals surface area contributed by atoms with Crippen LogP contribution in [0.4, 0.5) is 0 Å². The lowest BCUT2D eigenvalue weighted by Crippen LogP contribution is -2.30. The first-order chi connectivity index (χ1) is 45.6. The molecular formula is C75H146O17P2. The Kier molecular flexibility index (Phi) is 66.8. The minimum Gasteiger partial charge on any atom is -0.462 e. The second kappa shape index (κ2) is 68.2. The third-order valence-electron chi connectivity index (χ3n) is 17.9. The van der Waals surface area contributed by atoms with Crippen molar-refractivity contribution in [2.45, 2.75) is 412 Å². The topological polar surface area (TPSA) is 237 Å². The van der Waals surface area contributed by atoms with Crippen molar-refractivity contribution in [1.82, 2.24) is 0 Å². The van der Waals surface area contributed by atoms with E-state index in [9.17, 15) is 43.2 Å². The van der Waals surface area contributed by atoms with Crippen LogP contribution in [-0.2, 0) is 65.4 Å². The Morgan fingerprint density at radius 1 is 0.298 bits per heavy atom. The first-order valence-electron chi connectivity index (χ1n) is 39.2. The average Bonchev–Trinajstić information content (AvgIpc) is 1.88. The molecule has 19 heteroatoms. The van der Waals surface area contributed by atoms with Crippen LogP contribution < -0.4 is 0 Å². The summed E-state index contributed by atoms with van der Waals surface area (Å²) in [6.07, 6.45) is 57.3. The highest BCUT2D eigenvalue weighted by Gasteiger charge is 2.30. The summed E-state index contributed by atoms with van der Waals surface area (Å²) in [6, 6.07) is 0. The molecule has 0 aromatic heterocycles. The molecule has 558 valence electrons. The third kappa shape index (κ3) is 67.3. The number of rotatable bonds is 75. The van der Waals surface area contributed by atoms with Crippen LogP contribution in [0.15, 0.2) is 0 Å². The molecule has 94 heavy (non-hydrogen) atoms. The molecule has 0 aromatic carbocycles. The second-order valence-electron chi connectivity index (χ2n) is 27.3. The van der Waals surface area contributed by atoms with Gasteiger partial charge in [-0.2, -0.15) is 0 Å². The fourth-order valence-corrected chi connectivity index (χ4v) is 13.1. The molecule has 0 spiro atoms. The number of hydrogen-bond donors (Lipinski definition) is 3. The Balaban J connectivity index is 5.11. The average molecular weight is 1380 g/mol. The monoisotopic (exact) mass is 1380 g/mol. The van der Waals surface area contributed by atoms with Gasteiger partial charge >= 0.3 is 39.5 Å². The van der Waals surface area contributed by atoms with Gasteiger partial charge in [-0.05, 0) is 31.6 Å². The van der Waals surface area contributed by atoms with Crippen LogP contribution in [-0.4, -0.2) is 96.7 Å². The zero-order valence-corrected chi connectivity index (χ0v) is 62.9. The normalized spacial score (nSPS) is 14.3. The number of carbonyl (C=O) groups is 4. The van der Waals surface area contributed by atoms with Gasteiger partial charge in [0, 0.05) is 25.7 Å². The highest BCUT2D eigenvalue weighted by atomic mass is 31.2. The molecule has 0 rings (SSSR count). The Morgan fingerprint density at radius 3 is 0.755 bits per heavy atom. The highest BCUT2D eigenvalue weighted by molar-refractivity contribution is 7.47. The molecule has 0 aliphatic carbocycles. The van der Waals surface area contributed by atoms with E-state index in [2.05, 4.69) is 34.6 Å². The van der Waals surface area contributed by atoms with E-state index in [0.29, 0.717) is 25.7 Å². The standard InChI is InChI=1S/C75H146O17P2/c1-6-10-13-16-18-20-22-24-29-33-37-40-44-49-54-59-73(78)86-65-71(92-75(80)61-56-51-46-42-38-34-31-28-26-25-27-30-32-35-39-43-48-52-57-68(5)9-4)67-90-94(83,84)88-63-69(76)62-87-93(81,82)89-66-70(64-85-72(77)58-53-47-15-12-8-3)91-74(79)60-55-50-45-41-36-23-21-19-17-14-11-7-2/h68-71,76H,6-67H2,1-5H3,(H,81,82)(H,83,84)/t68?,69-,70+,71+/m0/s1.